The van der Waals surface area contributed by atoms with Gasteiger partial charge in [-0.25, -0.2) is 4.68 Å². The van der Waals surface area contributed by atoms with Crippen LogP contribution in [0.25, 0.3) is 5.69 Å². The first kappa shape index (κ1) is 27.7. The third kappa shape index (κ3) is 11.2. The van der Waals surface area contributed by atoms with Crippen molar-refractivity contribution in [2.45, 2.75) is 33.7 Å². The zero-order valence-electron chi connectivity index (χ0n) is 18.6. The standard InChI is InChI=1S/C18H16F3N3O3.2C2H6O/c1-2-25-15-5-3-14(4-6-15)24-11-13(22-23-24)12-26-16-7-9-17(10-8-16)27-18(19,20)21;2*1-2-3/h3-11H,2,12H2,1H3;2*3H,2H2,1H3. The fourth-order valence-electron chi connectivity index (χ4n) is 2.25. The van der Waals surface area contributed by atoms with Crippen LogP contribution in [0.5, 0.6) is 17.2 Å². The summed E-state index contributed by atoms with van der Waals surface area (Å²) in [6, 6.07) is 12.5. The van der Waals surface area contributed by atoms with E-state index in [1.165, 1.54) is 24.3 Å². The van der Waals surface area contributed by atoms with Gasteiger partial charge in [0, 0.05) is 13.2 Å². The minimum absolute atomic E-state index is 0.122. The summed E-state index contributed by atoms with van der Waals surface area (Å²) in [6.07, 6.45) is -3.02. The number of ether oxygens (including phenoxy) is 3. The Hall–Kier alpha value is -3.31. The van der Waals surface area contributed by atoms with Gasteiger partial charge in [0.25, 0.3) is 0 Å². The van der Waals surface area contributed by atoms with E-state index in [4.69, 9.17) is 19.7 Å². The van der Waals surface area contributed by atoms with E-state index in [0.29, 0.717) is 18.1 Å². The predicted octanol–water partition coefficient (Wildman–Crippen LogP) is 4.14. The number of hydrogen-bond acceptors (Lipinski definition) is 7. The zero-order valence-corrected chi connectivity index (χ0v) is 18.6. The summed E-state index contributed by atoms with van der Waals surface area (Å²) in [4.78, 5) is 0. The molecular formula is C22H28F3N3O5. The molecule has 8 nitrogen and oxygen atoms in total. The van der Waals surface area contributed by atoms with Crippen LogP contribution in [0.2, 0.25) is 0 Å². The first-order valence-corrected chi connectivity index (χ1v) is 10.1. The van der Waals surface area contributed by atoms with Gasteiger partial charge < -0.3 is 24.4 Å². The molecule has 33 heavy (non-hydrogen) atoms. The second-order valence-corrected chi connectivity index (χ2v) is 6.02. The molecule has 0 aliphatic heterocycles. The number of aromatic nitrogens is 3. The van der Waals surface area contributed by atoms with Gasteiger partial charge in [-0.2, -0.15) is 0 Å². The first-order chi connectivity index (χ1) is 15.8. The second-order valence-electron chi connectivity index (χ2n) is 6.02. The lowest BCUT2D eigenvalue weighted by atomic mass is 10.3. The number of nitrogens with zero attached hydrogens (tertiary/aromatic N) is 3. The van der Waals surface area contributed by atoms with Crippen LogP contribution < -0.4 is 14.2 Å². The molecule has 0 aliphatic carbocycles. The molecule has 0 amide bonds. The van der Waals surface area contributed by atoms with Gasteiger partial charge in [0.1, 0.15) is 29.5 Å². The van der Waals surface area contributed by atoms with Gasteiger partial charge >= 0.3 is 6.36 Å². The van der Waals surface area contributed by atoms with E-state index in [0.717, 1.165) is 11.4 Å². The van der Waals surface area contributed by atoms with Crippen molar-refractivity contribution in [1.29, 1.82) is 0 Å². The minimum atomic E-state index is -4.72. The van der Waals surface area contributed by atoms with Crippen LogP contribution >= 0.6 is 0 Å². The third-order valence-electron chi connectivity index (χ3n) is 3.40. The average Bonchev–Trinajstić information content (AvgIpc) is 3.23. The molecule has 0 unspecified atom stereocenters. The van der Waals surface area contributed by atoms with Gasteiger partial charge in [-0.1, -0.05) is 5.21 Å². The molecule has 2 N–H and O–H groups in total. The van der Waals surface area contributed by atoms with E-state index in [-0.39, 0.29) is 25.6 Å². The predicted molar refractivity (Wildman–Crippen MR) is 116 cm³/mol. The summed E-state index contributed by atoms with van der Waals surface area (Å²) in [5.41, 5.74) is 1.38. The van der Waals surface area contributed by atoms with Crippen LogP contribution in [0.4, 0.5) is 13.2 Å². The summed E-state index contributed by atoms with van der Waals surface area (Å²) < 4.78 is 52.7. The van der Waals surface area contributed by atoms with Crippen molar-refractivity contribution in [2.24, 2.45) is 0 Å². The molecule has 1 heterocycles. The molecule has 182 valence electrons. The summed E-state index contributed by atoms with van der Waals surface area (Å²) >= 11 is 0. The average molecular weight is 471 g/mol. The monoisotopic (exact) mass is 471 g/mol. The summed E-state index contributed by atoms with van der Waals surface area (Å²) in [6.45, 7) is 6.48. The topological polar surface area (TPSA) is 98.9 Å². The first-order valence-electron chi connectivity index (χ1n) is 10.1. The Bertz CT molecular complexity index is 899. The highest BCUT2D eigenvalue weighted by Crippen LogP contribution is 2.25. The van der Waals surface area contributed by atoms with Crippen LogP contribution in [0.3, 0.4) is 0 Å². The highest BCUT2D eigenvalue weighted by Gasteiger charge is 2.30. The molecule has 3 aromatic rings. The summed E-state index contributed by atoms with van der Waals surface area (Å²) in [7, 11) is 0. The van der Waals surface area contributed by atoms with Crippen LogP contribution in [0.1, 0.15) is 26.5 Å². The van der Waals surface area contributed by atoms with Crippen LogP contribution in [-0.2, 0) is 6.61 Å². The maximum atomic E-state index is 12.1. The maximum absolute atomic E-state index is 12.1. The van der Waals surface area contributed by atoms with Gasteiger partial charge in [0.2, 0.25) is 0 Å². The highest BCUT2D eigenvalue weighted by atomic mass is 19.4. The van der Waals surface area contributed by atoms with Gasteiger partial charge in [-0.15, -0.1) is 18.3 Å². The van der Waals surface area contributed by atoms with Gasteiger partial charge in [0.05, 0.1) is 18.5 Å². The quantitative estimate of drug-likeness (QED) is 0.534. The molecule has 0 saturated heterocycles. The second kappa shape index (κ2) is 14.7. The van der Waals surface area contributed by atoms with Crippen molar-refractivity contribution in [1.82, 2.24) is 15.0 Å². The molecular weight excluding hydrogens is 443 g/mol. The number of aliphatic hydroxyl groups is 2. The largest absolute Gasteiger partial charge is 0.573 e. The molecule has 2 aromatic carbocycles. The molecule has 0 aliphatic rings. The van der Waals surface area contributed by atoms with Crippen molar-refractivity contribution in [3.05, 3.63) is 60.4 Å². The van der Waals surface area contributed by atoms with Gasteiger partial charge in [0.15, 0.2) is 0 Å². The van der Waals surface area contributed by atoms with Crippen LogP contribution in [0.15, 0.2) is 54.7 Å². The number of rotatable bonds is 7. The fraction of sp³-hybridized carbons (Fsp3) is 0.364. The molecule has 3 rings (SSSR count). The summed E-state index contributed by atoms with van der Waals surface area (Å²) in [5.74, 6) is 0.847. The van der Waals surface area contributed by atoms with Crippen molar-refractivity contribution in [3.63, 3.8) is 0 Å². The Labute approximate surface area is 190 Å². The molecule has 0 atom stereocenters. The van der Waals surface area contributed by atoms with E-state index in [2.05, 4.69) is 15.0 Å². The Morgan fingerprint density at radius 2 is 1.30 bits per heavy atom. The van der Waals surface area contributed by atoms with E-state index in [9.17, 15) is 13.2 Å². The van der Waals surface area contributed by atoms with Crippen LogP contribution in [-0.4, -0.2) is 51.4 Å². The smallest absolute Gasteiger partial charge is 0.494 e. The molecule has 0 fully saturated rings. The molecule has 0 bridgehead atoms. The molecule has 0 spiro atoms. The van der Waals surface area contributed by atoms with Crippen molar-refractivity contribution < 1.29 is 37.6 Å². The van der Waals surface area contributed by atoms with Crippen molar-refractivity contribution in [2.75, 3.05) is 19.8 Å². The Morgan fingerprint density at radius 3 is 1.82 bits per heavy atom. The fourth-order valence-corrected chi connectivity index (χ4v) is 2.25. The molecule has 1 aromatic heterocycles. The number of benzene rings is 2. The number of hydrogen-bond donors (Lipinski definition) is 2. The lowest BCUT2D eigenvalue weighted by molar-refractivity contribution is -0.274. The number of aliphatic hydroxyl groups excluding tert-OH is 2. The molecule has 0 saturated carbocycles. The van der Waals surface area contributed by atoms with Crippen LogP contribution in [0, 0.1) is 0 Å². The maximum Gasteiger partial charge on any atom is 0.573 e. The SMILES string of the molecule is CCO.CCO.CCOc1ccc(-n2cc(COc3ccc(OC(F)(F)F)cc3)nn2)cc1. The van der Waals surface area contributed by atoms with E-state index in [1.54, 1.807) is 24.7 Å². The van der Waals surface area contributed by atoms with E-state index in [1.807, 2.05) is 31.2 Å². The van der Waals surface area contributed by atoms with E-state index >= 15 is 0 Å². The molecule has 11 heteroatoms. The number of halogens is 3. The van der Waals surface area contributed by atoms with Gasteiger partial charge in [-0.3, -0.25) is 0 Å². The van der Waals surface area contributed by atoms with Gasteiger partial charge in [-0.05, 0) is 69.3 Å². The van der Waals surface area contributed by atoms with Crippen molar-refractivity contribution in [3.8, 4) is 22.9 Å². The van der Waals surface area contributed by atoms with E-state index < -0.39 is 6.36 Å². The Kier molecular flexibility index (Phi) is 12.3. The third-order valence-corrected chi connectivity index (χ3v) is 3.40. The Balaban J connectivity index is 0.000000819. The zero-order chi connectivity index (χ0) is 24.7. The minimum Gasteiger partial charge on any atom is -0.494 e. The summed E-state index contributed by atoms with van der Waals surface area (Å²) in [5, 5.41) is 23.2. The lowest BCUT2D eigenvalue weighted by Crippen LogP contribution is -2.16. The van der Waals surface area contributed by atoms with Crippen molar-refractivity contribution >= 4 is 0 Å². The molecule has 0 radical (unpaired) electrons. The lowest BCUT2D eigenvalue weighted by Gasteiger charge is -2.09. The normalized spacial score (nSPS) is 10.3. The number of alkyl halides is 3. The highest BCUT2D eigenvalue weighted by molar-refractivity contribution is 5.36. The Morgan fingerprint density at radius 1 is 0.818 bits per heavy atom.